The molecule has 134 valence electrons. The van der Waals surface area contributed by atoms with Crippen LogP contribution >= 0.6 is 0 Å². The molecule has 1 amide bonds. The maximum absolute atomic E-state index is 12.0. The van der Waals surface area contributed by atoms with E-state index in [2.05, 4.69) is 15.6 Å². The third-order valence-electron chi connectivity index (χ3n) is 3.49. The first-order valence-corrected chi connectivity index (χ1v) is 7.61. The van der Waals surface area contributed by atoms with E-state index in [4.69, 9.17) is 14.2 Å². The second-order valence-corrected chi connectivity index (χ2v) is 5.34. The third-order valence-corrected chi connectivity index (χ3v) is 3.49. The molecule has 25 heavy (non-hydrogen) atoms. The van der Waals surface area contributed by atoms with Crippen molar-refractivity contribution in [1.82, 2.24) is 15.2 Å². The minimum atomic E-state index is -0.269. The molecule has 0 aliphatic rings. The minimum Gasteiger partial charge on any atom is -0.493 e. The van der Waals surface area contributed by atoms with Gasteiger partial charge in [0.1, 0.15) is 6.54 Å². The molecule has 0 radical (unpaired) electrons. The molecule has 1 heterocycles. The van der Waals surface area contributed by atoms with Crippen molar-refractivity contribution < 1.29 is 19.0 Å². The number of carbonyl (C=O) groups is 1. The van der Waals surface area contributed by atoms with Crippen molar-refractivity contribution in [2.24, 2.45) is 5.10 Å². The highest BCUT2D eigenvalue weighted by Crippen LogP contribution is 2.37. The molecule has 0 atom stereocenters. The first-order chi connectivity index (χ1) is 12.0. The van der Waals surface area contributed by atoms with Crippen LogP contribution in [0.1, 0.15) is 17.0 Å². The second kappa shape index (κ2) is 8.18. The molecule has 2 rings (SSSR count). The van der Waals surface area contributed by atoms with E-state index in [0.717, 1.165) is 11.4 Å². The van der Waals surface area contributed by atoms with Gasteiger partial charge in [0.05, 0.1) is 33.2 Å². The van der Waals surface area contributed by atoms with Crippen LogP contribution in [0, 0.1) is 13.8 Å². The van der Waals surface area contributed by atoms with E-state index in [0.29, 0.717) is 22.8 Å². The number of carbonyl (C=O) groups excluding carboxylic acids is 1. The summed E-state index contributed by atoms with van der Waals surface area (Å²) >= 11 is 0. The normalized spacial score (nSPS) is 10.8. The van der Waals surface area contributed by atoms with Crippen LogP contribution in [0.25, 0.3) is 0 Å². The number of benzene rings is 1. The minimum absolute atomic E-state index is 0.103. The van der Waals surface area contributed by atoms with Crippen LogP contribution in [0.2, 0.25) is 0 Å². The Morgan fingerprint density at radius 3 is 2.28 bits per heavy atom. The number of hydrogen-bond donors (Lipinski definition) is 1. The molecule has 0 aliphatic carbocycles. The number of methoxy groups -OCH3 is 3. The van der Waals surface area contributed by atoms with Gasteiger partial charge in [-0.05, 0) is 32.0 Å². The van der Waals surface area contributed by atoms with E-state index in [1.54, 1.807) is 16.8 Å². The van der Waals surface area contributed by atoms with Gasteiger partial charge in [-0.25, -0.2) is 5.43 Å². The Kier molecular flexibility index (Phi) is 5.99. The smallest absolute Gasteiger partial charge is 0.261 e. The van der Waals surface area contributed by atoms with Gasteiger partial charge in [0, 0.05) is 11.3 Å². The summed E-state index contributed by atoms with van der Waals surface area (Å²) in [6, 6.07) is 5.38. The van der Waals surface area contributed by atoms with Crippen LogP contribution in [-0.2, 0) is 11.3 Å². The third kappa shape index (κ3) is 4.50. The molecule has 8 heteroatoms. The maximum atomic E-state index is 12.0. The average Bonchev–Trinajstić information content (AvgIpc) is 2.90. The van der Waals surface area contributed by atoms with Crippen LogP contribution in [0.3, 0.4) is 0 Å². The molecule has 0 unspecified atom stereocenters. The average molecular weight is 346 g/mol. The van der Waals surface area contributed by atoms with Crippen molar-refractivity contribution in [3.05, 3.63) is 35.2 Å². The summed E-state index contributed by atoms with van der Waals surface area (Å²) < 4.78 is 17.4. The Morgan fingerprint density at radius 1 is 1.16 bits per heavy atom. The summed E-state index contributed by atoms with van der Waals surface area (Å²) in [5, 5.41) is 8.20. The summed E-state index contributed by atoms with van der Waals surface area (Å²) in [7, 11) is 4.61. The zero-order chi connectivity index (χ0) is 18.4. The SMILES string of the molecule is COc1cc(C=NNC(=O)Cn2nc(C)cc2C)cc(OC)c1OC. The molecule has 0 bridgehead atoms. The number of aryl methyl sites for hydroxylation is 2. The molecule has 0 spiro atoms. The summed E-state index contributed by atoms with van der Waals surface area (Å²) in [4.78, 5) is 12.0. The number of hydrazone groups is 1. The van der Waals surface area contributed by atoms with E-state index in [1.807, 2.05) is 19.9 Å². The molecule has 1 aromatic heterocycles. The van der Waals surface area contributed by atoms with E-state index in [9.17, 15) is 4.79 Å². The lowest BCUT2D eigenvalue weighted by Crippen LogP contribution is -2.24. The predicted octanol–water partition coefficient (Wildman–Crippen LogP) is 1.68. The van der Waals surface area contributed by atoms with Gasteiger partial charge in [-0.3, -0.25) is 9.48 Å². The Morgan fingerprint density at radius 2 is 1.80 bits per heavy atom. The fourth-order valence-electron chi connectivity index (χ4n) is 2.36. The predicted molar refractivity (Wildman–Crippen MR) is 93.5 cm³/mol. The number of amides is 1. The van der Waals surface area contributed by atoms with E-state index in [1.165, 1.54) is 27.5 Å². The largest absolute Gasteiger partial charge is 0.493 e. The second-order valence-electron chi connectivity index (χ2n) is 5.34. The van der Waals surface area contributed by atoms with Crippen molar-refractivity contribution in [3.8, 4) is 17.2 Å². The maximum Gasteiger partial charge on any atom is 0.261 e. The van der Waals surface area contributed by atoms with E-state index < -0.39 is 0 Å². The summed E-state index contributed by atoms with van der Waals surface area (Å²) in [5.74, 6) is 1.25. The van der Waals surface area contributed by atoms with Gasteiger partial charge in [-0.15, -0.1) is 0 Å². The Labute approximate surface area is 146 Å². The molecule has 0 aliphatic heterocycles. The molecule has 8 nitrogen and oxygen atoms in total. The lowest BCUT2D eigenvalue weighted by atomic mass is 10.2. The number of aromatic nitrogens is 2. The van der Waals surface area contributed by atoms with Gasteiger partial charge >= 0.3 is 0 Å². The van der Waals surface area contributed by atoms with Gasteiger partial charge < -0.3 is 14.2 Å². The summed E-state index contributed by atoms with van der Waals surface area (Å²) in [6.07, 6.45) is 1.50. The zero-order valence-corrected chi connectivity index (χ0v) is 15.0. The van der Waals surface area contributed by atoms with Gasteiger partial charge in [0.2, 0.25) is 5.75 Å². The standard InChI is InChI=1S/C17H22N4O4/c1-11-6-12(2)21(20-11)10-16(22)19-18-9-13-7-14(23-3)17(25-5)15(8-13)24-4/h6-9H,10H2,1-5H3,(H,19,22). The highest BCUT2D eigenvalue weighted by molar-refractivity contribution is 5.84. The molecule has 1 N–H and O–H groups in total. The Hall–Kier alpha value is -3.03. The van der Waals surface area contributed by atoms with Gasteiger partial charge in [-0.2, -0.15) is 10.2 Å². The number of ether oxygens (including phenoxy) is 3. The van der Waals surface area contributed by atoms with Crippen LogP contribution in [0.15, 0.2) is 23.3 Å². The number of rotatable bonds is 7. The van der Waals surface area contributed by atoms with E-state index >= 15 is 0 Å². The van der Waals surface area contributed by atoms with Crippen molar-refractivity contribution in [2.45, 2.75) is 20.4 Å². The molecule has 1 aromatic carbocycles. The van der Waals surface area contributed by atoms with Crippen LogP contribution in [0.5, 0.6) is 17.2 Å². The van der Waals surface area contributed by atoms with Crippen molar-refractivity contribution in [1.29, 1.82) is 0 Å². The lowest BCUT2D eigenvalue weighted by Gasteiger charge is -2.12. The van der Waals surface area contributed by atoms with Crippen molar-refractivity contribution in [2.75, 3.05) is 21.3 Å². The lowest BCUT2D eigenvalue weighted by molar-refractivity contribution is -0.121. The highest BCUT2D eigenvalue weighted by Gasteiger charge is 2.12. The van der Waals surface area contributed by atoms with Crippen LogP contribution < -0.4 is 19.6 Å². The first kappa shape index (κ1) is 18.3. The first-order valence-electron chi connectivity index (χ1n) is 7.61. The van der Waals surface area contributed by atoms with Crippen molar-refractivity contribution >= 4 is 12.1 Å². The fourth-order valence-corrected chi connectivity index (χ4v) is 2.36. The monoisotopic (exact) mass is 346 g/mol. The molecular weight excluding hydrogens is 324 g/mol. The number of hydrogen-bond acceptors (Lipinski definition) is 6. The Balaban J connectivity index is 2.06. The molecule has 0 saturated heterocycles. The molecule has 0 saturated carbocycles. The van der Waals surface area contributed by atoms with Crippen LogP contribution in [-0.4, -0.2) is 43.2 Å². The topological polar surface area (TPSA) is 87.0 Å². The summed E-state index contributed by atoms with van der Waals surface area (Å²) in [6.45, 7) is 3.88. The Bertz CT molecular complexity index is 758. The van der Waals surface area contributed by atoms with Crippen molar-refractivity contribution in [3.63, 3.8) is 0 Å². The van der Waals surface area contributed by atoms with Gasteiger partial charge in [0.25, 0.3) is 5.91 Å². The highest BCUT2D eigenvalue weighted by atomic mass is 16.5. The zero-order valence-electron chi connectivity index (χ0n) is 15.0. The fraction of sp³-hybridized carbons (Fsp3) is 0.353. The molecule has 0 fully saturated rings. The van der Waals surface area contributed by atoms with E-state index in [-0.39, 0.29) is 12.5 Å². The quantitative estimate of drug-likeness (QED) is 0.609. The summed E-state index contributed by atoms with van der Waals surface area (Å²) in [5.41, 5.74) is 4.96. The van der Waals surface area contributed by atoms with Gasteiger partial charge in [-0.1, -0.05) is 0 Å². The molecular formula is C17H22N4O4. The number of nitrogens with one attached hydrogen (secondary N) is 1. The van der Waals surface area contributed by atoms with Crippen LogP contribution in [0.4, 0.5) is 0 Å². The van der Waals surface area contributed by atoms with Gasteiger partial charge in [0.15, 0.2) is 11.5 Å². The molecule has 2 aromatic rings. The number of nitrogens with zero attached hydrogens (tertiary/aromatic N) is 3.